The maximum absolute atomic E-state index is 13.8. The van der Waals surface area contributed by atoms with Crippen molar-refractivity contribution >= 4 is 18.0 Å². The van der Waals surface area contributed by atoms with E-state index in [-0.39, 0.29) is 18.2 Å². The van der Waals surface area contributed by atoms with Crippen LogP contribution in [0.25, 0.3) is 11.3 Å². The molecule has 2 amide bonds. The van der Waals surface area contributed by atoms with E-state index in [9.17, 15) is 14.0 Å². The number of nitrogen functional groups attached to an aromatic ring is 1. The molecule has 1 saturated carbocycles. The van der Waals surface area contributed by atoms with Crippen molar-refractivity contribution in [2.75, 3.05) is 17.9 Å². The van der Waals surface area contributed by atoms with Gasteiger partial charge in [-0.3, -0.25) is 9.59 Å². The molecular formula is C24H26FN5O3. The summed E-state index contributed by atoms with van der Waals surface area (Å²) < 4.78 is 20.3. The zero-order valence-corrected chi connectivity index (χ0v) is 18.3. The number of ether oxygens (including phenoxy) is 1. The van der Waals surface area contributed by atoms with Crippen LogP contribution in [0, 0.1) is 5.82 Å². The molecule has 33 heavy (non-hydrogen) atoms. The van der Waals surface area contributed by atoms with E-state index in [4.69, 9.17) is 16.3 Å². The van der Waals surface area contributed by atoms with Crippen molar-refractivity contribution in [2.24, 2.45) is 5.73 Å². The number of halogens is 1. The number of carbonyl (C=O) groups excluding carboxylic acids is 2. The Morgan fingerprint density at radius 2 is 1.94 bits per heavy atom. The maximum Gasteiger partial charge on any atom is 0.269 e. The van der Waals surface area contributed by atoms with E-state index >= 15 is 0 Å². The van der Waals surface area contributed by atoms with Crippen molar-refractivity contribution in [3.63, 3.8) is 0 Å². The van der Waals surface area contributed by atoms with Gasteiger partial charge in [-0.25, -0.2) is 14.1 Å². The van der Waals surface area contributed by atoms with Crippen LogP contribution in [0.15, 0.2) is 42.5 Å². The Balaban J connectivity index is 1.62. The molecule has 8 nitrogen and oxygen atoms in total. The minimum Gasteiger partial charge on any atom is -0.495 e. The van der Waals surface area contributed by atoms with Gasteiger partial charge < -0.3 is 21.2 Å². The van der Waals surface area contributed by atoms with Crippen LogP contribution in [-0.4, -0.2) is 29.1 Å². The number of aromatic nitrogens is 2. The molecule has 0 aliphatic heterocycles. The topological polar surface area (TPSA) is 116 Å². The molecule has 1 aliphatic rings. The Kier molecular flexibility index (Phi) is 6.30. The molecule has 1 aliphatic carbocycles. The molecule has 0 atom stereocenters. The lowest BCUT2D eigenvalue weighted by molar-refractivity contribution is -0.107. The summed E-state index contributed by atoms with van der Waals surface area (Å²) in [5.41, 5.74) is 8.04. The molecule has 0 bridgehead atoms. The third-order valence-corrected chi connectivity index (χ3v) is 6.05. The van der Waals surface area contributed by atoms with Crippen LogP contribution in [0.3, 0.4) is 0 Å². The highest BCUT2D eigenvalue weighted by Crippen LogP contribution is 2.36. The summed E-state index contributed by atoms with van der Waals surface area (Å²) in [6.45, 7) is 0.199. The minimum absolute atomic E-state index is 0.170. The minimum atomic E-state index is -0.640. The van der Waals surface area contributed by atoms with Gasteiger partial charge in [-0.1, -0.05) is 37.1 Å². The highest BCUT2D eigenvalue weighted by Gasteiger charge is 2.28. The average Bonchev–Trinajstić information content (AvgIpc) is 3.45. The van der Waals surface area contributed by atoms with Gasteiger partial charge >= 0.3 is 0 Å². The molecule has 0 radical (unpaired) electrons. The predicted molar refractivity (Wildman–Crippen MR) is 123 cm³/mol. The monoisotopic (exact) mass is 451 g/mol. The molecule has 0 unspecified atom stereocenters. The number of carbonyl (C=O) groups is 2. The van der Waals surface area contributed by atoms with Gasteiger partial charge in [-0.2, -0.15) is 0 Å². The molecule has 172 valence electrons. The summed E-state index contributed by atoms with van der Waals surface area (Å²) in [7, 11) is 1.46. The average molecular weight is 452 g/mol. The highest BCUT2D eigenvalue weighted by atomic mass is 19.1. The van der Waals surface area contributed by atoms with Crippen molar-refractivity contribution < 1.29 is 18.7 Å². The van der Waals surface area contributed by atoms with E-state index in [0.29, 0.717) is 34.9 Å². The molecular weight excluding hydrogens is 425 g/mol. The Morgan fingerprint density at radius 3 is 2.55 bits per heavy atom. The van der Waals surface area contributed by atoms with Gasteiger partial charge in [0.05, 0.1) is 19.3 Å². The fraction of sp³-hybridized carbons (Fsp3) is 0.292. The number of nitrogens with zero attached hydrogens (tertiary/aromatic N) is 3. The lowest BCUT2D eigenvalue weighted by Crippen LogP contribution is -2.24. The lowest BCUT2D eigenvalue weighted by Gasteiger charge is -2.20. The summed E-state index contributed by atoms with van der Waals surface area (Å²) in [5, 5.41) is 0. The fourth-order valence-corrected chi connectivity index (χ4v) is 4.39. The van der Waals surface area contributed by atoms with Crippen molar-refractivity contribution in [1.29, 1.82) is 0 Å². The summed E-state index contributed by atoms with van der Waals surface area (Å²) in [6.07, 6.45) is 4.81. The molecule has 1 heterocycles. The van der Waals surface area contributed by atoms with Crippen molar-refractivity contribution in [1.82, 2.24) is 9.66 Å². The van der Waals surface area contributed by atoms with Crippen LogP contribution in [-0.2, 0) is 11.3 Å². The quantitative estimate of drug-likeness (QED) is 0.403. The zero-order chi connectivity index (χ0) is 23.5. The molecule has 1 fully saturated rings. The van der Waals surface area contributed by atoms with Crippen molar-refractivity contribution in [3.8, 4) is 17.0 Å². The number of anilines is 1. The highest BCUT2D eigenvalue weighted by molar-refractivity contribution is 5.97. The SMILES string of the molecule is COc1ccc(F)cc1N(C=O)Cc1ccc(-c2nc(C3CCCC3)n(N)c2C(N)=O)cc1. The number of methoxy groups -OCH3 is 1. The maximum atomic E-state index is 13.8. The third kappa shape index (κ3) is 4.39. The van der Waals surface area contributed by atoms with Gasteiger partial charge in [0.1, 0.15) is 23.1 Å². The standard InChI is InChI=1S/C24H26FN5O3/c1-33-20-11-10-18(25)12-19(20)29(14-31)13-15-6-8-16(9-7-15)21-22(23(26)32)30(27)24(28-21)17-4-2-3-5-17/h6-12,14,17H,2-5,13,27H2,1H3,(H2,26,32). The first kappa shape index (κ1) is 22.3. The van der Waals surface area contributed by atoms with Gasteiger partial charge in [0.2, 0.25) is 6.41 Å². The van der Waals surface area contributed by atoms with Gasteiger partial charge in [-0.15, -0.1) is 0 Å². The Hall–Kier alpha value is -3.88. The van der Waals surface area contributed by atoms with E-state index in [2.05, 4.69) is 4.98 Å². The zero-order valence-electron chi connectivity index (χ0n) is 18.3. The summed E-state index contributed by atoms with van der Waals surface area (Å²) in [4.78, 5) is 29.9. The lowest BCUT2D eigenvalue weighted by atomic mass is 10.1. The van der Waals surface area contributed by atoms with E-state index in [1.165, 1.54) is 34.9 Å². The number of amides is 2. The Bertz CT molecular complexity index is 1170. The largest absolute Gasteiger partial charge is 0.495 e. The Labute approximate surface area is 190 Å². The second-order valence-corrected chi connectivity index (χ2v) is 8.13. The fourth-order valence-electron chi connectivity index (χ4n) is 4.39. The molecule has 0 spiro atoms. The van der Waals surface area contributed by atoms with Crippen LogP contribution in [0.1, 0.15) is 53.5 Å². The third-order valence-electron chi connectivity index (χ3n) is 6.05. The number of primary amides is 1. The van der Waals surface area contributed by atoms with Crippen molar-refractivity contribution in [2.45, 2.75) is 38.1 Å². The first-order valence-corrected chi connectivity index (χ1v) is 10.7. The first-order chi connectivity index (χ1) is 15.9. The van der Waals surface area contributed by atoms with Crippen LogP contribution in [0.5, 0.6) is 5.75 Å². The number of hydrogen-bond acceptors (Lipinski definition) is 5. The van der Waals surface area contributed by atoms with Crippen LogP contribution in [0.2, 0.25) is 0 Å². The number of benzene rings is 2. The van der Waals surface area contributed by atoms with Crippen LogP contribution in [0.4, 0.5) is 10.1 Å². The summed E-state index contributed by atoms with van der Waals surface area (Å²) >= 11 is 0. The smallest absolute Gasteiger partial charge is 0.269 e. The molecule has 1 aromatic heterocycles. The van der Waals surface area contributed by atoms with E-state index in [0.717, 1.165) is 31.2 Å². The number of nitrogens with two attached hydrogens (primary N) is 2. The summed E-state index contributed by atoms with van der Waals surface area (Å²) in [5.74, 6) is 6.37. The summed E-state index contributed by atoms with van der Waals surface area (Å²) in [6, 6.07) is 11.2. The second-order valence-electron chi connectivity index (χ2n) is 8.13. The van der Waals surface area contributed by atoms with Gasteiger partial charge in [0.25, 0.3) is 5.91 Å². The molecule has 4 rings (SSSR count). The number of rotatable bonds is 8. The Morgan fingerprint density at radius 1 is 1.24 bits per heavy atom. The number of hydrogen-bond donors (Lipinski definition) is 2. The normalized spacial score (nSPS) is 13.8. The second kappa shape index (κ2) is 9.32. The van der Waals surface area contributed by atoms with Crippen LogP contribution >= 0.6 is 0 Å². The first-order valence-electron chi connectivity index (χ1n) is 10.7. The predicted octanol–water partition coefficient (Wildman–Crippen LogP) is 3.33. The van der Waals surface area contributed by atoms with E-state index < -0.39 is 11.7 Å². The van der Waals surface area contributed by atoms with Gasteiger partial charge in [0, 0.05) is 17.5 Å². The van der Waals surface area contributed by atoms with Gasteiger partial charge in [0.15, 0.2) is 5.69 Å². The van der Waals surface area contributed by atoms with Crippen molar-refractivity contribution in [3.05, 3.63) is 65.4 Å². The molecule has 3 aromatic rings. The molecule has 2 aromatic carbocycles. The van der Waals surface area contributed by atoms with Crippen LogP contribution < -0.4 is 21.2 Å². The van der Waals surface area contributed by atoms with E-state index in [1.54, 1.807) is 12.1 Å². The molecule has 0 saturated heterocycles. The van der Waals surface area contributed by atoms with E-state index in [1.807, 2.05) is 12.1 Å². The van der Waals surface area contributed by atoms with Gasteiger partial charge in [-0.05, 0) is 30.5 Å². The number of imidazole rings is 1. The molecule has 4 N–H and O–H groups in total. The molecule has 9 heteroatoms.